The second kappa shape index (κ2) is 16.5. The summed E-state index contributed by atoms with van der Waals surface area (Å²) in [4.78, 5) is 9.35. The number of pyridine rings is 2. The molecule has 0 bridgehead atoms. The number of hydrogen-bond donors (Lipinski definition) is 0. The van der Waals surface area contributed by atoms with Crippen molar-refractivity contribution < 1.29 is 24.5 Å². The molecule has 7 aromatic rings. The number of hydrogen-bond acceptors (Lipinski definition) is 3. The number of fused-ring (bicyclic) bond motifs is 3. The normalized spacial score (nSPS) is 13.7. The van der Waals surface area contributed by atoms with Crippen LogP contribution in [-0.4, -0.2) is 18.0 Å². The molecule has 3 heterocycles. The number of para-hydroxylation sites is 1. The summed E-state index contributed by atoms with van der Waals surface area (Å²) in [5.41, 5.74) is 11.0. The molecule has 1 fully saturated rings. The van der Waals surface area contributed by atoms with Gasteiger partial charge in [0.25, 0.3) is 0 Å². The topological polar surface area (TPSA) is 38.9 Å². The van der Waals surface area contributed by atoms with Crippen molar-refractivity contribution in [3.05, 3.63) is 139 Å². The van der Waals surface area contributed by atoms with Gasteiger partial charge in [0.2, 0.25) is 0 Å². The molecule has 1 radical (unpaired) electrons. The second-order valence-corrected chi connectivity index (χ2v) is 21.5. The van der Waals surface area contributed by atoms with Crippen molar-refractivity contribution in [2.24, 2.45) is 5.92 Å². The molecule has 0 N–H and O–H groups in total. The number of benzene rings is 4. The van der Waals surface area contributed by atoms with Crippen LogP contribution in [0.4, 0.5) is 0 Å². The standard InChI is InChI=1S/C27H22NO.C21H28NSi.Ir/c1-27(2,3)20-14-15-28-24(17-20)19-12-13-22-23-11-7-10-21(18-8-5-4-6-9-18)26(23)29-25(22)16-19;1-23(2,3)21-16-22-20(18-12-8-5-9-13-18)15-19(21)14-17-10-6-4-7-11-17;/h4-11,13-17H,1-3H3;5,8-9,12,15-17H,4,6-7,10-11,14H2,1-3H3;/q2*-1;. The van der Waals surface area contributed by atoms with E-state index in [0.717, 1.165) is 61.5 Å². The van der Waals surface area contributed by atoms with Gasteiger partial charge in [-0.1, -0.05) is 150 Å². The minimum absolute atomic E-state index is 0. The Hall–Kier alpha value is -4.15. The average molecular weight is 891 g/mol. The van der Waals surface area contributed by atoms with Gasteiger partial charge in [0.1, 0.15) is 5.58 Å². The summed E-state index contributed by atoms with van der Waals surface area (Å²) >= 11 is 0. The van der Waals surface area contributed by atoms with Gasteiger partial charge < -0.3 is 14.4 Å². The average Bonchev–Trinajstić information content (AvgIpc) is 3.54. The summed E-state index contributed by atoms with van der Waals surface area (Å²) in [5, 5.41) is 3.73. The van der Waals surface area contributed by atoms with Gasteiger partial charge in [-0.05, 0) is 56.9 Å². The molecule has 4 aromatic carbocycles. The first-order chi connectivity index (χ1) is 25.0. The van der Waals surface area contributed by atoms with Crippen molar-refractivity contribution in [2.45, 2.75) is 84.4 Å². The molecule has 0 amide bonds. The Labute approximate surface area is 330 Å². The summed E-state index contributed by atoms with van der Waals surface area (Å²) in [6, 6.07) is 42.2. The minimum Gasteiger partial charge on any atom is -0.476 e. The van der Waals surface area contributed by atoms with Gasteiger partial charge in [0, 0.05) is 38.1 Å². The molecular weight excluding hydrogens is 841 g/mol. The monoisotopic (exact) mass is 891 g/mol. The van der Waals surface area contributed by atoms with Crippen LogP contribution in [0.5, 0.6) is 0 Å². The molecule has 0 unspecified atom stereocenters. The fourth-order valence-electron chi connectivity index (χ4n) is 7.52. The van der Waals surface area contributed by atoms with E-state index in [2.05, 4.69) is 143 Å². The summed E-state index contributed by atoms with van der Waals surface area (Å²) in [5.74, 6) is 0.869. The van der Waals surface area contributed by atoms with Gasteiger partial charge in [-0.2, -0.15) is 0 Å². The van der Waals surface area contributed by atoms with Crippen molar-refractivity contribution in [2.75, 3.05) is 0 Å². The van der Waals surface area contributed by atoms with Crippen LogP contribution in [-0.2, 0) is 31.9 Å². The van der Waals surface area contributed by atoms with E-state index in [0.29, 0.717) is 0 Å². The van der Waals surface area contributed by atoms with Gasteiger partial charge >= 0.3 is 0 Å². The number of aromatic nitrogens is 2. The fraction of sp³-hybridized carbons (Fsp3) is 0.292. The van der Waals surface area contributed by atoms with Crippen molar-refractivity contribution >= 4 is 35.2 Å². The van der Waals surface area contributed by atoms with E-state index in [9.17, 15) is 0 Å². The third kappa shape index (κ3) is 8.98. The van der Waals surface area contributed by atoms with E-state index in [-0.39, 0.29) is 25.5 Å². The molecular formula is C48H50IrN2OSi-2. The largest absolute Gasteiger partial charge is 0.476 e. The zero-order valence-electron chi connectivity index (χ0n) is 31.9. The summed E-state index contributed by atoms with van der Waals surface area (Å²) in [6.07, 6.45) is 12.3. The van der Waals surface area contributed by atoms with Crippen LogP contribution in [0.15, 0.2) is 120 Å². The molecule has 5 heteroatoms. The van der Waals surface area contributed by atoms with Crippen LogP contribution in [0.2, 0.25) is 19.6 Å². The predicted molar refractivity (Wildman–Crippen MR) is 222 cm³/mol. The predicted octanol–water partition coefficient (Wildman–Crippen LogP) is 12.6. The zero-order chi connectivity index (χ0) is 36.3. The second-order valence-electron chi connectivity index (χ2n) is 16.4. The number of rotatable bonds is 6. The van der Waals surface area contributed by atoms with Crippen LogP contribution in [0.25, 0.3) is 55.6 Å². The third-order valence-corrected chi connectivity index (χ3v) is 12.5. The Kier molecular flexibility index (Phi) is 12.0. The van der Waals surface area contributed by atoms with E-state index < -0.39 is 8.07 Å². The third-order valence-electron chi connectivity index (χ3n) is 10.4. The molecule has 1 aliphatic carbocycles. The molecule has 273 valence electrons. The molecule has 8 rings (SSSR count). The summed E-state index contributed by atoms with van der Waals surface area (Å²) < 4.78 is 6.35. The summed E-state index contributed by atoms with van der Waals surface area (Å²) in [7, 11) is -1.36. The van der Waals surface area contributed by atoms with Crippen LogP contribution < -0.4 is 5.19 Å². The van der Waals surface area contributed by atoms with E-state index in [1.54, 1.807) is 10.8 Å². The fourth-order valence-corrected chi connectivity index (χ4v) is 9.11. The Morgan fingerprint density at radius 3 is 2.23 bits per heavy atom. The Morgan fingerprint density at radius 1 is 0.755 bits per heavy atom. The van der Waals surface area contributed by atoms with E-state index in [1.165, 1.54) is 44.1 Å². The van der Waals surface area contributed by atoms with Crippen LogP contribution in [0, 0.1) is 18.1 Å². The van der Waals surface area contributed by atoms with Gasteiger partial charge in [-0.25, -0.2) is 0 Å². The van der Waals surface area contributed by atoms with Crippen molar-refractivity contribution in [1.82, 2.24) is 9.97 Å². The van der Waals surface area contributed by atoms with Crippen molar-refractivity contribution in [3.8, 4) is 33.6 Å². The van der Waals surface area contributed by atoms with Gasteiger partial charge in [-0.15, -0.1) is 53.6 Å². The number of furan rings is 1. The van der Waals surface area contributed by atoms with Crippen molar-refractivity contribution in [1.29, 1.82) is 0 Å². The van der Waals surface area contributed by atoms with Crippen molar-refractivity contribution in [3.63, 3.8) is 0 Å². The summed E-state index contributed by atoms with van der Waals surface area (Å²) in [6.45, 7) is 13.9. The maximum Gasteiger partial charge on any atom is 0.131 e. The van der Waals surface area contributed by atoms with Gasteiger partial charge in [0.15, 0.2) is 0 Å². The zero-order valence-corrected chi connectivity index (χ0v) is 35.3. The smallest absolute Gasteiger partial charge is 0.131 e. The Bertz CT molecular complexity index is 2280. The molecule has 3 aromatic heterocycles. The van der Waals surface area contributed by atoms with E-state index in [1.807, 2.05) is 30.5 Å². The van der Waals surface area contributed by atoms with E-state index in [4.69, 9.17) is 9.40 Å². The SMILES string of the molecule is CC(C)(C)c1ccnc(-c2[c-]cc3c(c2)oc2c(-c4ccccc4)cccc23)c1.C[Si](C)(C)c1cnc(-c2[c-]cccc2)cc1CC1CCCCC1.[Ir]. The van der Waals surface area contributed by atoms with Gasteiger partial charge in [0.05, 0.1) is 13.7 Å². The van der Waals surface area contributed by atoms with Crippen LogP contribution in [0.3, 0.4) is 0 Å². The Balaban J connectivity index is 0.000000183. The maximum absolute atomic E-state index is 6.35. The van der Waals surface area contributed by atoms with Crippen LogP contribution >= 0.6 is 0 Å². The molecule has 0 saturated heterocycles. The number of nitrogens with zero attached hydrogens (tertiary/aromatic N) is 2. The first-order valence-corrected chi connectivity index (χ1v) is 22.4. The maximum atomic E-state index is 6.35. The van der Waals surface area contributed by atoms with E-state index >= 15 is 0 Å². The molecule has 1 saturated carbocycles. The Morgan fingerprint density at radius 2 is 1.51 bits per heavy atom. The van der Waals surface area contributed by atoms with Gasteiger partial charge in [-0.3, -0.25) is 0 Å². The first kappa shape index (κ1) is 38.6. The molecule has 0 atom stereocenters. The minimum atomic E-state index is -1.36. The molecule has 1 aliphatic rings. The first-order valence-electron chi connectivity index (χ1n) is 18.9. The van der Waals surface area contributed by atoms with Crippen LogP contribution in [0.1, 0.15) is 64.0 Å². The molecule has 53 heavy (non-hydrogen) atoms. The quantitative estimate of drug-likeness (QED) is 0.123. The molecule has 0 aliphatic heterocycles. The molecule has 3 nitrogen and oxygen atoms in total. The molecule has 0 spiro atoms.